The molecule has 3 nitrogen and oxygen atoms in total. The van der Waals surface area contributed by atoms with Crippen LogP contribution in [0.25, 0.3) is 0 Å². The van der Waals surface area contributed by atoms with Crippen molar-refractivity contribution in [2.75, 3.05) is 7.11 Å². The molecule has 0 amide bonds. The van der Waals surface area contributed by atoms with Crippen molar-refractivity contribution in [3.05, 3.63) is 34.1 Å². The minimum atomic E-state index is -0.942. The quantitative estimate of drug-likeness (QED) is 0.826. The van der Waals surface area contributed by atoms with Gasteiger partial charge in [-0.25, -0.2) is 4.39 Å². The predicted molar refractivity (Wildman–Crippen MR) is 53.0 cm³/mol. The van der Waals surface area contributed by atoms with Crippen molar-refractivity contribution >= 4 is 21.9 Å². The fourth-order valence-corrected chi connectivity index (χ4v) is 1.22. The first kappa shape index (κ1) is 11.1. The number of benzene rings is 1. The van der Waals surface area contributed by atoms with Gasteiger partial charge < -0.3 is 10.5 Å². The molecule has 76 valence electrons. The summed E-state index contributed by atoms with van der Waals surface area (Å²) in [6.07, 6.45) is 0. The van der Waals surface area contributed by atoms with Gasteiger partial charge in [0.15, 0.2) is 0 Å². The van der Waals surface area contributed by atoms with Crippen LogP contribution in [0.1, 0.15) is 11.6 Å². The summed E-state index contributed by atoms with van der Waals surface area (Å²) >= 11 is 3.00. The average molecular weight is 262 g/mol. The zero-order valence-corrected chi connectivity index (χ0v) is 9.05. The molecule has 1 atom stereocenters. The van der Waals surface area contributed by atoms with E-state index in [0.29, 0.717) is 10.0 Å². The van der Waals surface area contributed by atoms with Gasteiger partial charge in [-0.05, 0) is 33.6 Å². The van der Waals surface area contributed by atoms with Gasteiger partial charge in [-0.1, -0.05) is 6.07 Å². The minimum Gasteiger partial charge on any atom is -0.468 e. The third kappa shape index (κ3) is 2.30. The molecule has 0 fully saturated rings. The lowest BCUT2D eigenvalue weighted by atomic mass is 10.1. The van der Waals surface area contributed by atoms with E-state index in [-0.39, 0.29) is 0 Å². The number of carbonyl (C=O) groups excluding carboxylic acids is 1. The summed E-state index contributed by atoms with van der Waals surface area (Å²) in [5.41, 5.74) is 5.90. The molecule has 2 N–H and O–H groups in total. The number of hydrogen-bond acceptors (Lipinski definition) is 3. The lowest BCUT2D eigenvalue weighted by Crippen LogP contribution is -2.22. The van der Waals surface area contributed by atoms with Gasteiger partial charge >= 0.3 is 5.97 Å². The molecule has 0 spiro atoms. The predicted octanol–water partition coefficient (Wildman–Crippen LogP) is 1.76. The molecule has 0 saturated carbocycles. The fourth-order valence-electron chi connectivity index (χ4n) is 0.969. The summed E-state index contributed by atoms with van der Waals surface area (Å²) in [6, 6.07) is 3.32. The number of methoxy groups -OCH3 is 1. The van der Waals surface area contributed by atoms with Gasteiger partial charge in [0.2, 0.25) is 0 Å². The zero-order valence-electron chi connectivity index (χ0n) is 7.46. The van der Waals surface area contributed by atoms with E-state index in [1.54, 1.807) is 6.07 Å². The van der Waals surface area contributed by atoms with Gasteiger partial charge in [0, 0.05) is 0 Å². The summed E-state index contributed by atoms with van der Waals surface area (Å²) in [5.74, 6) is -1.05. The largest absolute Gasteiger partial charge is 0.468 e. The van der Waals surface area contributed by atoms with Crippen LogP contribution < -0.4 is 5.73 Å². The van der Waals surface area contributed by atoms with Crippen LogP contribution in [0.5, 0.6) is 0 Å². The van der Waals surface area contributed by atoms with Gasteiger partial charge in [-0.15, -0.1) is 0 Å². The van der Waals surface area contributed by atoms with Crippen LogP contribution in [0, 0.1) is 5.82 Å². The second-order valence-corrected chi connectivity index (χ2v) is 3.53. The Morgan fingerprint density at radius 2 is 2.29 bits per heavy atom. The topological polar surface area (TPSA) is 52.3 Å². The van der Waals surface area contributed by atoms with Crippen LogP contribution in [0.4, 0.5) is 4.39 Å². The molecule has 1 rings (SSSR count). The molecule has 0 saturated heterocycles. The van der Waals surface area contributed by atoms with Crippen molar-refractivity contribution in [1.29, 1.82) is 0 Å². The molecule has 0 heterocycles. The Labute approximate surface area is 89.2 Å². The van der Waals surface area contributed by atoms with Crippen molar-refractivity contribution in [2.45, 2.75) is 6.04 Å². The molecule has 0 bridgehead atoms. The maximum Gasteiger partial charge on any atom is 0.327 e. The minimum absolute atomic E-state index is 0.332. The summed E-state index contributed by atoms with van der Waals surface area (Å²) in [7, 11) is 1.23. The summed E-state index contributed by atoms with van der Waals surface area (Å²) in [6.45, 7) is 0. The standard InChI is InChI=1S/C9H9BrFNO2/c1-14-9(13)8(12)5-2-3-6(10)7(11)4-5/h2-4,8H,12H2,1H3/t8-/m0/s1. The maximum atomic E-state index is 13.1. The Hall–Kier alpha value is -0.940. The first-order valence-corrected chi connectivity index (χ1v) is 4.64. The van der Waals surface area contributed by atoms with Crippen LogP contribution in [0.15, 0.2) is 22.7 Å². The van der Waals surface area contributed by atoms with Gasteiger partial charge in [0.05, 0.1) is 11.6 Å². The first-order chi connectivity index (χ1) is 6.56. The number of nitrogens with two attached hydrogens (primary N) is 1. The van der Waals surface area contributed by atoms with Crippen molar-refractivity contribution in [3.8, 4) is 0 Å². The third-order valence-electron chi connectivity index (χ3n) is 1.76. The van der Waals surface area contributed by atoms with E-state index < -0.39 is 17.8 Å². The lowest BCUT2D eigenvalue weighted by Gasteiger charge is -2.09. The van der Waals surface area contributed by atoms with E-state index in [4.69, 9.17) is 5.73 Å². The Bertz CT molecular complexity index is 357. The molecule has 5 heteroatoms. The molecule has 1 aromatic carbocycles. The van der Waals surface area contributed by atoms with Crippen molar-refractivity contribution in [3.63, 3.8) is 0 Å². The van der Waals surface area contributed by atoms with Gasteiger partial charge in [0.25, 0.3) is 0 Å². The van der Waals surface area contributed by atoms with Crippen LogP contribution in [-0.2, 0) is 9.53 Å². The summed E-state index contributed by atoms with van der Waals surface area (Å²) < 4.78 is 17.8. The molecule has 0 unspecified atom stereocenters. The first-order valence-electron chi connectivity index (χ1n) is 3.84. The molecule has 0 aliphatic carbocycles. The zero-order chi connectivity index (χ0) is 10.7. The van der Waals surface area contributed by atoms with Crippen molar-refractivity contribution in [1.82, 2.24) is 0 Å². The number of hydrogen-bond donors (Lipinski definition) is 1. The van der Waals surface area contributed by atoms with Crippen LogP contribution in [0.2, 0.25) is 0 Å². The highest BCUT2D eigenvalue weighted by atomic mass is 79.9. The van der Waals surface area contributed by atoms with E-state index in [1.165, 1.54) is 19.2 Å². The SMILES string of the molecule is COC(=O)[C@@H](N)c1ccc(Br)c(F)c1. The molecule has 1 aromatic rings. The third-order valence-corrected chi connectivity index (χ3v) is 2.40. The van der Waals surface area contributed by atoms with Gasteiger partial charge in [0.1, 0.15) is 11.9 Å². The number of carbonyl (C=O) groups is 1. The highest BCUT2D eigenvalue weighted by Crippen LogP contribution is 2.20. The number of halogens is 2. The molecular formula is C9H9BrFNO2. The molecule has 0 aliphatic heterocycles. The second kappa shape index (κ2) is 4.52. The normalized spacial score (nSPS) is 12.3. The van der Waals surface area contributed by atoms with Crippen LogP contribution in [0.3, 0.4) is 0 Å². The Morgan fingerprint density at radius 3 is 2.79 bits per heavy atom. The van der Waals surface area contributed by atoms with Gasteiger partial charge in [-0.3, -0.25) is 4.79 Å². The summed E-state index contributed by atoms with van der Waals surface area (Å²) in [4.78, 5) is 11.0. The monoisotopic (exact) mass is 261 g/mol. The van der Waals surface area contributed by atoms with E-state index in [2.05, 4.69) is 20.7 Å². The molecule has 14 heavy (non-hydrogen) atoms. The van der Waals surface area contributed by atoms with E-state index >= 15 is 0 Å². The summed E-state index contributed by atoms with van der Waals surface area (Å²) in [5, 5.41) is 0. The van der Waals surface area contributed by atoms with Crippen LogP contribution in [-0.4, -0.2) is 13.1 Å². The fraction of sp³-hybridized carbons (Fsp3) is 0.222. The average Bonchev–Trinajstić information content (AvgIpc) is 2.20. The van der Waals surface area contributed by atoms with E-state index in [9.17, 15) is 9.18 Å². The van der Waals surface area contributed by atoms with Crippen molar-refractivity contribution < 1.29 is 13.9 Å². The Morgan fingerprint density at radius 1 is 1.64 bits per heavy atom. The molecule has 0 aliphatic rings. The van der Waals surface area contributed by atoms with E-state index in [1.807, 2.05) is 0 Å². The van der Waals surface area contributed by atoms with Gasteiger partial charge in [-0.2, -0.15) is 0 Å². The number of rotatable bonds is 2. The lowest BCUT2D eigenvalue weighted by molar-refractivity contribution is -0.142. The van der Waals surface area contributed by atoms with Crippen LogP contribution >= 0.6 is 15.9 Å². The number of ether oxygens (including phenoxy) is 1. The highest BCUT2D eigenvalue weighted by Gasteiger charge is 2.17. The van der Waals surface area contributed by atoms with E-state index in [0.717, 1.165) is 0 Å². The maximum absolute atomic E-state index is 13.1. The Balaban J connectivity index is 2.96. The molecule has 0 aromatic heterocycles. The number of esters is 1. The second-order valence-electron chi connectivity index (χ2n) is 2.67. The molecule has 0 radical (unpaired) electrons. The smallest absolute Gasteiger partial charge is 0.327 e. The van der Waals surface area contributed by atoms with Crippen molar-refractivity contribution in [2.24, 2.45) is 5.73 Å². The molecular weight excluding hydrogens is 253 g/mol. The Kier molecular flexibility index (Phi) is 3.60. The highest BCUT2D eigenvalue weighted by molar-refractivity contribution is 9.10.